The van der Waals surface area contributed by atoms with Crippen molar-refractivity contribution in [2.24, 2.45) is 28.1 Å². The van der Waals surface area contributed by atoms with Crippen molar-refractivity contribution in [3.05, 3.63) is 12.7 Å². The first-order valence-electron chi connectivity index (χ1n) is 9.17. The molecule has 0 unspecified atom stereocenters. The number of carbonyl (C=O) groups excluding carboxylic acids is 1. The van der Waals surface area contributed by atoms with Crippen LogP contribution in [0.1, 0.15) is 72.1 Å². The van der Waals surface area contributed by atoms with Crippen molar-refractivity contribution in [2.75, 3.05) is 0 Å². The Morgan fingerprint density at radius 3 is 2.64 bits per heavy atom. The molecular weight excluding hydrogens is 272 g/mol. The lowest BCUT2D eigenvalue weighted by Gasteiger charge is -2.62. The topological polar surface area (TPSA) is 26.3 Å². The van der Waals surface area contributed by atoms with E-state index in [1.54, 1.807) is 0 Å². The molecular formula is C20H30O2. The van der Waals surface area contributed by atoms with E-state index >= 15 is 0 Å². The summed E-state index contributed by atoms with van der Waals surface area (Å²) in [6.45, 7) is 11.1. The highest BCUT2D eigenvalue weighted by Crippen LogP contribution is 2.71. The summed E-state index contributed by atoms with van der Waals surface area (Å²) in [5.74, 6) is 1.23. The molecule has 22 heavy (non-hydrogen) atoms. The average molecular weight is 302 g/mol. The lowest BCUT2D eigenvalue weighted by molar-refractivity contribution is -0.202. The second-order valence-corrected chi connectivity index (χ2v) is 9.36. The van der Waals surface area contributed by atoms with Crippen molar-refractivity contribution in [3.8, 4) is 0 Å². The van der Waals surface area contributed by atoms with Crippen LogP contribution in [0.3, 0.4) is 0 Å². The van der Waals surface area contributed by atoms with E-state index in [9.17, 15) is 4.79 Å². The minimum atomic E-state index is -0.203. The van der Waals surface area contributed by atoms with Gasteiger partial charge in [0.2, 0.25) is 0 Å². The molecule has 1 aliphatic heterocycles. The fraction of sp³-hybridized carbons (Fsp3) is 0.850. The number of hydrogen-bond acceptors (Lipinski definition) is 2. The highest BCUT2D eigenvalue weighted by Gasteiger charge is 2.73. The van der Waals surface area contributed by atoms with Gasteiger partial charge >= 0.3 is 5.97 Å². The fourth-order valence-corrected chi connectivity index (χ4v) is 6.75. The van der Waals surface area contributed by atoms with Crippen LogP contribution in [0.4, 0.5) is 0 Å². The fourth-order valence-electron chi connectivity index (χ4n) is 6.75. The lowest BCUT2D eigenvalue weighted by atomic mass is 9.42. The molecule has 0 spiro atoms. The summed E-state index contributed by atoms with van der Waals surface area (Å²) in [6, 6.07) is 0. The summed E-state index contributed by atoms with van der Waals surface area (Å²) in [5.41, 5.74) is 0.0778. The molecule has 6 atom stereocenters. The zero-order valence-electron chi connectivity index (χ0n) is 14.4. The van der Waals surface area contributed by atoms with Gasteiger partial charge in [0, 0.05) is 11.3 Å². The number of hydrogen-bond donors (Lipinski definition) is 0. The van der Waals surface area contributed by atoms with Crippen LogP contribution in [0.2, 0.25) is 0 Å². The molecule has 4 aliphatic rings. The van der Waals surface area contributed by atoms with Crippen molar-refractivity contribution in [1.82, 2.24) is 0 Å². The summed E-state index contributed by atoms with van der Waals surface area (Å²) < 4.78 is 6.29. The molecule has 0 aromatic heterocycles. The van der Waals surface area contributed by atoms with Crippen LogP contribution in [0, 0.1) is 28.1 Å². The van der Waals surface area contributed by atoms with E-state index in [-0.39, 0.29) is 27.8 Å². The molecule has 2 heteroatoms. The van der Waals surface area contributed by atoms with Crippen LogP contribution >= 0.6 is 0 Å². The molecule has 122 valence electrons. The number of carbonyl (C=O) groups is 1. The standard InChI is InChI=1S/C20H30O2/c1-5-17(2)11-12-19(4)14(13-17)7-8-15-18(3)9-6-10-20(15,19)22-16(18)21/h5,14-15H,1,6-13H2,2-4H3/t14-,15+,17-,18-,19-,20-/m0/s1. The monoisotopic (exact) mass is 302 g/mol. The smallest absolute Gasteiger partial charge is 0.312 e. The summed E-state index contributed by atoms with van der Waals surface area (Å²) in [4.78, 5) is 12.7. The third-order valence-electron chi connectivity index (χ3n) is 8.41. The van der Waals surface area contributed by atoms with E-state index in [1.807, 2.05) is 0 Å². The van der Waals surface area contributed by atoms with E-state index in [0.717, 1.165) is 19.3 Å². The first kappa shape index (κ1) is 14.8. The van der Waals surface area contributed by atoms with Crippen molar-refractivity contribution < 1.29 is 9.53 Å². The highest BCUT2D eigenvalue weighted by atomic mass is 16.6. The molecule has 0 amide bonds. The van der Waals surface area contributed by atoms with E-state index in [4.69, 9.17) is 4.74 Å². The van der Waals surface area contributed by atoms with Gasteiger partial charge in [-0.15, -0.1) is 6.58 Å². The Labute approximate surface area is 134 Å². The van der Waals surface area contributed by atoms with Crippen molar-refractivity contribution in [3.63, 3.8) is 0 Å². The number of fused-ring (bicyclic) bond motifs is 1. The van der Waals surface area contributed by atoms with Gasteiger partial charge in [-0.1, -0.05) is 19.9 Å². The van der Waals surface area contributed by atoms with Gasteiger partial charge < -0.3 is 4.74 Å². The van der Waals surface area contributed by atoms with E-state index in [2.05, 4.69) is 33.4 Å². The number of allylic oxidation sites excluding steroid dienone is 1. The molecule has 4 fully saturated rings. The highest BCUT2D eigenvalue weighted by molar-refractivity contribution is 5.81. The van der Waals surface area contributed by atoms with Gasteiger partial charge in [-0.25, -0.2) is 0 Å². The molecule has 4 rings (SSSR count). The van der Waals surface area contributed by atoms with Crippen molar-refractivity contribution >= 4 is 5.97 Å². The maximum atomic E-state index is 12.7. The van der Waals surface area contributed by atoms with Crippen LogP contribution < -0.4 is 0 Å². The van der Waals surface area contributed by atoms with E-state index in [0.29, 0.717) is 11.8 Å². The molecule has 2 bridgehead atoms. The van der Waals surface area contributed by atoms with Gasteiger partial charge in [0.05, 0.1) is 5.41 Å². The molecule has 3 saturated carbocycles. The van der Waals surface area contributed by atoms with Gasteiger partial charge in [0.15, 0.2) is 0 Å². The van der Waals surface area contributed by atoms with Gasteiger partial charge in [-0.3, -0.25) is 4.79 Å². The van der Waals surface area contributed by atoms with Crippen LogP contribution in [-0.2, 0) is 9.53 Å². The second-order valence-electron chi connectivity index (χ2n) is 9.36. The van der Waals surface area contributed by atoms with Gasteiger partial charge in [-0.05, 0) is 69.6 Å². The predicted octanol–water partition coefficient (Wildman–Crippen LogP) is 4.88. The second kappa shape index (κ2) is 4.19. The molecule has 0 aromatic carbocycles. The average Bonchev–Trinajstić information content (AvgIpc) is 2.61. The summed E-state index contributed by atoms with van der Waals surface area (Å²) in [7, 11) is 0. The SMILES string of the molecule is C=C[C@@]1(C)CC[C@@]2(C)[C@@H](CC[C@H]3[C@@]24CCC[C@]3(C)C(=O)O4)C1. The zero-order chi connectivity index (χ0) is 15.8. The predicted molar refractivity (Wildman–Crippen MR) is 87.3 cm³/mol. The number of ether oxygens (including phenoxy) is 1. The zero-order valence-corrected chi connectivity index (χ0v) is 14.4. The van der Waals surface area contributed by atoms with Crippen molar-refractivity contribution in [2.45, 2.75) is 77.7 Å². The lowest BCUT2D eigenvalue weighted by Crippen LogP contribution is -2.62. The first-order chi connectivity index (χ1) is 10.3. The molecule has 3 aliphatic carbocycles. The Balaban J connectivity index is 1.77. The largest absolute Gasteiger partial charge is 0.458 e. The maximum absolute atomic E-state index is 12.7. The molecule has 1 heterocycles. The van der Waals surface area contributed by atoms with E-state index < -0.39 is 0 Å². The normalized spacial score (nSPS) is 56.8. The van der Waals surface area contributed by atoms with Gasteiger partial charge in [0.1, 0.15) is 5.60 Å². The quantitative estimate of drug-likeness (QED) is 0.509. The molecule has 2 nitrogen and oxygen atoms in total. The Kier molecular flexibility index (Phi) is 2.81. The van der Waals surface area contributed by atoms with Gasteiger partial charge in [-0.2, -0.15) is 0 Å². The molecule has 1 saturated heterocycles. The van der Waals surface area contributed by atoms with E-state index in [1.165, 1.54) is 32.1 Å². The molecule has 0 radical (unpaired) electrons. The Hall–Kier alpha value is -0.790. The number of rotatable bonds is 1. The number of esters is 1. The van der Waals surface area contributed by atoms with Gasteiger partial charge in [0.25, 0.3) is 0 Å². The maximum Gasteiger partial charge on any atom is 0.312 e. The first-order valence-corrected chi connectivity index (χ1v) is 9.17. The van der Waals surface area contributed by atoms with Crippen LogP contribution in [0.25, 0.3) is 0 Å². The third kappa shape index (κ3) is 1.50. The van der Waals surface area contributed by atoms with Crippen molar-refractivity contribution in [1.29, 1.82) is 0 Å². The molecule has 0 aromatic rings. The third-order valence-corrected chi connectivity index (χ3v) is 8.41. The van der Waals surface area contributed by atoms with Crippen LogP contribution in [0.15, 0.2) is 12.7 Å². The summed E-state index contributed by atoms with van der Waals surface area (Å²) in [5, 5.41) is 0. The Bertz CT molecular complexity index is 540. The Morgan fingerprint density at radius 2 is 1.91 bits per heavy atom. The minimum absolute atomic E-state index is 0.105. The van der Waals surface area contributed by atoms with Crippen LogP contribution in [-0.4, -0.2) is 11.6 Å². The summed E-state index contributed by atoms with van der Waals surface area (Å²) in [6.07, 6.45) is 11.5. The summed E-state index contributed by atoms with van der Waals surface area (Å²) >= 11 is 0. The Morgan fingerprint density at radius 1 is 1.14 bits per heavy atom. The van der Waals surface area contributed by atoms with Crippen LogP contribution in [0.5, 0.6) is 0 Å². The molecule has 0 N–H and O–H groups in total. The minimum Gasteiger partial charge on any atom is -0.458 e.